The fraction of sp³-hybridized carbons (Fsp3) is 0.318. The summed E-state index contributed by atoms with van der Waals surface area (Å²) in [6, 6.07) is 26.4. The van der Waals surface area contributed by atoms with E-state index >= 15 is 0 Å². The van der Waals surface area contributed by atoms with Gasteiger partial charge in [0.2, 0.25) is 0 Å². The zero-order valence-electron chi connectivity index (χ0n) is 31.6. The normalized spacial score (nSPS) is 20.7. The maximum Gasteiger partial charge on any atom is 0.475 e. The number of benzene rings is 4. The molecule has 4 aromatic carbocycles. The van der Waals surface area contributed by atoms with Crippen molar-refractivity contribution in [1.29, 1.82) is 0 Å². The Morgan fingerprint density at radius 2 is 0.837 bits per heavy atom. The van der Waals surface area contributed by atoms with Crippen LogP contribution in [-0.2, 0) is 0 Å². The van der Waals surface area contributed by atoms with Crippen LogP contribution in [0.3, 0.4) is 0 Å². The minimum absolute atomic E-state index is 0.0145. The van der Waals surface area contributed by atoms with Crippen LogP contribution in [0.4, 0.5) is 0 Å². The van der Waals surface area contributed by atoms with Gasteiger partial charge in [0.1, 0.15) is 11.5 Å². The Bertz CT molecular complexity index is 1730. The van der Waals surface area contributed by atoms with E-state index in [-0.39, 0.29) is 10.8 Å². The van der Waals surface area contributed by atoms with Crippen LogP contribution in [-0.4, -0.2) is 24.7 Å². The molecule has 0 atom stereocenters. The van der Waals surface area contributed by atoms with E-state index in [1.165, 1.54) is 55.5 Å². The molecule has 5 heteroatoms. The quantitative estimate of drug-likeness (QED) is 0.198. The van der Waals surface area contributed by atoms with Crippen LogP contribution in [0.1, 0.15) is 41.5 Å². The molecule has 252 valence electrons. The van der Waals surface area contributed by atoms with E-state index in [1.807, 2.05) is 0 Å². The highest BCUT2D eigenvalue weighted by molar-refractivity contribution is 6.93. The van der Waals surface area contributed by atoms with Crippen molar-refractivity contribution in [3.05, 3.63) is 132 Å². The average molecular weight is 697 g/mol. The Balaban J connectivity index is 1.57. The Morgan fingerprint density at radius 3 is 1.18 bits per heavy atom. The molecule has 1 heterocycles. The van der Waals surface area contributed by atoms with Gasteiger partial charge in [-0.05, 0) is 93.1 Å². The average Bonchev–Trinajstić information content (AvgIpc) is 3.65. The molecule has 7 rings (SSSR count). The standard InChI is InChI=1S/C44H52O2Si3/c1-43(2,3)31-25-37(47(7,8)9)39(27-31)49(40-28-32(44(4,5)6)26-38(40)48(10,11)12)45-35-23-21-29-17-13-15-19-33(29)41(35)42-34-20-16-14-18-30(34)22-24-36(42)46-49/h13-28H,1-12H3. The van der Waals surface area contributed by atoms with Gasteiger partial charge < -0.3 is 8.85 Å². The molecule has 0 N–H and O–H groups in total. The van der Waals surface area contributed by atoms with E-state index in [4.69, 9.17) is 8.85 Å². The molecule has 2 aliphatic carbocycles. The van der Waals surface area contributed by atoms with Gasteiger partial charge in [0.15, 0.2) is 0 Å². The van der Waals surface area contributed by atoms with Crippen LogP contribution < -0.4 is 8.85 Å². The first-order chi connectivity index (χ1) is 22.8. The third-order valence-corrected chi connectivity index (χ3v) is 18.2. The summed E-state index contributed by atoms with van der Waals surface area (Å²) in [7, 11) is -7.31. The van der Waals surface area contributed by atoms with Crippen molar-refractivity contribution in [1.82, 2.24) is 0 Å². The van der Waals surface area contributed by atoms with E-state index in [0.717, 1.165) is 22.6 Å². The van der Waals surface area contributed by atoms with Crippen molar-refractivity contribution in [3.8, 4) is 22.6 Å². The predicted octanol–water partition coefficient (Wildman–Crippen LogP) is 12.1. The molecule has 3 aliphatic rings. The second kappa shape index (κ2) is 11.8. The first-order valence-corrected chi connectivity index (χ1v) is 26.7. The molecule has 2 saturated carbocycles. The molecule has 0 amide bonds. The zero-order valence-corrected chi connectivity index (χ0v) is 34.6. The fourth-order valence-corrected chi connectivity index (χ4v) is 17.0. The summed E-state index contributed by atoms with van der Waals surface area (Å²) < 4.78 is 15.9. The summed E-state index contributed by atoms with van der Waals surface area (Å²) in [5, 5.41) is 4.79. The van der Waals surface area contributed by atoms with Gasteiger partial charge >= 0.3 is 8.56 Å². The molecule has 2 fully saturated rings. The highest BCUT2D eigenvalue weighted by atomic mass is 28.4. The topological polar surface area (TPSA) is 18.5 Å². The van der Waals surface area contributed by atoms with Gasteiger partial charge in [-0.1, -0.05) is 141 Å². The molecule has 0 aromatic heterocycles. The number of hydrogen-bond acceptors (Lipinski definition) is 2. The van der Waals surface area contributed by atoms with Crippen LogP contribution in [0.15, 0.2) is 72.8 Å². The monoisotopic (exact) mass is 696 g/mol. The molecule has 0 saturated heterocycles. The third-order valence-electron chi connectivity index (χ3n) is 10.4. The predicted molar refractivity (Wildman–Crippen MR) is 216 cm³/mol. The third kappa shape index (κ3) is 6.08. The molecule has 2 nitrogen and oxygen atoms in total. The minimum Gasteiger partial charge on any atom is -0.511 e. The lowest BCUT2D eigenvalue weighted by molar-refractivity contribution is 0.396. The van der Waals surface area contributed by atoms with Gasteiger partial charge in [-0.2, -0.15) is 0 Å². The molecule has 0 bridgehead atoms. The summed E-state index contributed by atoms with van der Waals surface area (Å²) in [6.07, 6.45) is 10.0. The largest absolute Gasteiger partial charge is 0.511 e. The first kappa shape index (κ1) is 35.1. The SMILES string of the molecule is CC(C)(C)[C]1[CH][C]([Si](C)(C)C)[C]([Si]2([C]3[CH][C](C(C)(C)C)[CH][C]3[Si](C)(C)C)Oc3ccc4ccccc4c3-c3c(ccc4ccccc34)O2)[CH]1. The van der Waals surface area contributed by atoms with Crippen LogP contribution >= 0.6 is 0 Å². The number of fused-ring (bicyclic) bond motifs is 7. The van der Waals surface area contributed by atoms with Gasteiger partial charge in [0.05, 0.1) is 27.2 Å². The van der Waals surface area contributed by atoms with Gasteiger partial charge in [0, 0.05) is 11.1 Å². The van der Waals surface area contributed by atoms with Gasteiger partial charge in [0.25, 0.3) is 0 Å². The summed E-state index contributed by atoms with van der Waals surface area (Å²) in [5.74, 6) is 4.55. The maximum atomic E-state index is 7.94. The van der Waals surface area contributed by atoms with E-state index in [9.17, 15) is 0 Å². The lowest BCUT2D eigenvalue weighted by Gasteiger charge is -2.46. The lowest BCUT2D eigenvalue weighted by atomic mass is 9.80. The van der Waals surface area contributed by atoms with Crippen molar-refractivity contribution in [2.45, 2.75) is 80.8 Å². The van der Waals surface area contributed by atoms with Crippen molar-refractivity contribution < 1.29 is 8.85 Å². The zero-order chi connectivity index (χ0) is 35.3. The summed E-state index contributed by atoms with van der Waals surface area (Å²) >= 11 is 0. The Kier molecular flexibility index (Phi) is 8.48. The minimum atomic E-state index is -3.52. The van der Waals surface area contributed by atoms with Crippen LogP contribution in [0, 0.1) is 70.5 Å². The van der Waals surface area contributed by atoms with E-state index in [2.05, 4.69) is 179 Å². The molecule has 10 radical (unpaired) electrons. The first-order valence-electron chi connectivity index (χ1n) is 17.9. The number of hydrogen-bond donors (Lipinski definition) is 0. The van der Waals surface area contributed by atoms with E-state index < -0.39 is 24.7 Å². The Hall–Kier alpha value is -2.35. The number of rotatable bonds is 4. The van der Waals surface area contributed by atoms with Crippen molar-refractivity contribution >= 4 is 46.3 Å². The molecular formula is C44H52O2Si3. The highest BCUT2D eigenvalue weighted by Gasteiger charge is 2.70. The van der Waals surface area contributed by atoms with Crippen molar-refractivity contribution in [2.24, 2.45) is 10.8 Å². The molecular weight excluding hydrogens is 645 g/mol. The van der Waals surface area contributed by atoms with Crippen LogP contribution in [0.2, 0.25) is 39.3 Å². The Morgan fingerprint density at radius 1 is 0.469 bits per heavy atom. The van der Waals surface area contributed by atoms with Crippen LogP contribution in [0.5, 0.6) is 11.5 Å². The summed E-state index contributed by atoms with van der Waals surface area (Å²) in [6.45, 7) is 28.9. The van der Waals surface area contributed by atoms with E-state index in [1.54, 1.807) is 0 Å². The summed E-state index contributed by atoms with van der Waals surface area (Å²) in [4.78, 5) is 0. The fourth-order valence-electron chi connectivity index (χ4n) is 7.55. The molecule has 0 unspecified atom stereocenters. The van der Waals surface area contributed by atoms with Crippen molar-refractivity contribution in [2.75, 3.05) is 0 Å². The molecule has 0 spiro atoms. The van der Waals surface area contributed by atoms with Gasteiger partial charge in [-0.15, -0.1) is 0 Å². The van der Waals surface area contributed by atoms with Gasteiger partial charge in [-0.3, -0.25) is 0 Å². The van der Waals surface area contributed by atoms with Crippen LogP contribution in [0.25, 0.3) is 32.7 Å². The Labute approximate surface area is 300 Å². The van der Waals surface area contributed by atoms with E-state index in [0.29, 0.717) is 0 Å². The lowest BCUT2D eigenvalue weighted by Crippen LogP contribution is -2.64. The smallest absolute Gasteiger partial charge is 0.475 e. The molecule has 49 heavy (non-hydrogen) atoms. The van der Waals surface area contributed by atoms with Crippen molar-refractivity contribution in [3.63, 3.8) is 0 Å². The highest BCUT2D eigenvalue weighted by Crippen LogP contribution is 2.63. The summed E-state index contributed by atoms with van der Waals surface area (Å²) in [5.41, 5.74) is 7.73. The second-order valence-corrected chi connectivity index (χ2v) is 31.1. The second-order valence-electron chi connectivity index (χ2n) is 18.3. The van der Waals surface area contributed by atoms with Gasteiger partial charge in [-0.25, -0.2) is 0 Å². The molecule has 1 aliphatic heterocycles. The maximum absolute atomic E-state index is 7.94. The molecule has 4 aromatic rings.